The Morgan fingerprint density at radius 1 is 1.06 bits per heavy atom. The molecule has 0 aromatic heterocycles. The SMILES string of the molecule is CCC1C(O)C2C3CCC(C(C)CCC(=O)NCCS(=O)O)C3(C)CCC2C2(C)CCC(O)CC12. The summed E-state index contributed by atoms with van der Waals surface area (Å²) in [4.78, 5) is 12.3. The van der Waals surface area contributed by atoms with Gasteiger partial charge >= 0.3 is 0 Å². The van der Waals surface area contributed by atoms with Gasteiger partial charge in [0.15, 0.2) is 11.1 Å². The number of aliphatic hydroxyl groups excluding tert-OH is 2. The second kappa shape index (κ2) is 10.7. The van der Waals surface area contributed by atoms with Crippen LogP contribution in [0.2, 0.25) is 0 Å². The number of aliphatic hydroxyl groups is 2. The lowest BCUT2D eigenvalue weighted by molar-refractivity contribution is -0.203. The molecule has 0 radical (unpaired) electrons. The number of carbonyl (C=O) groups excluding carboxylic acids is 1. The Morgan fingerprint density at radius 2 is 1.74 bits per heavy atom. The van der Waals surface area contributed by atoms with Gasteiger partial charge in [0, 0.05) is 13.0 Å². The van der Waals surface area contributed by atoms with Crippen LogP contribution in [0.5, 0.6) is 0 Å². The summed E-state index contributed by atoms with van der Waals surface area (Å²) in [5, 5.41) is 25.1. The van der Waals surface area contributed by atoms with Crippen molar-refractivity contribution < 1.29 is 23.8 Å². The second-order valence-corrected chi connectivity index (χ2v) is 14.1. The zero-order chi connectivity index (χ0) is 25.5. The summed E-state index contributed by atoms with van der Waals surface area (Å²) < 4.78 is 19.7. The highest BCUT2D eigenvalue weighted by atomic mass is 32.2. The molecule has 1 amide bonds. The minimum absolute atomic E-state index is 0.0300. The minimum Gasteiger partial charge on any atom is -0.393 e. The fourth-order valence-corrected chi connectivity index (χ4v) is 10.1. The maximum absolute atomic E-state index is 12.3. The Bertz CT molecular complexity index is 793. The van der Waals surface area contributed by atoms with E-state index in [9.17, 15) is 19.2 Å². The van der Waals surface area contributed by atoms with Gasteiger partial charge in [-0.2, -0.15) is 0 Å². The topological polar surface area (TPSA) is 107 Å². The molecule has 0 heterocycles. The number of fused-ring (bicyclic) bond motifs is 5. The van der Waals surface area contributed by atoms with Gasteiger partial charge in [0.05, 0.1) is 18.0 Å². The number of nitrogens with one attached hydrogen (secondary N) is 1. The molecule has 0 aromatic rings. The smallest absolute Gasteiger partial charge is 0.220 e. The van der Waals surface area contributed by atoms with Crippen LogP contribution < -0.4 is 5.32 Å². The highest BCUT2D eigenvalue weighted by Crippen LogP contribution is 2.69. The lowest BCUT2D eigenvalue weighted by atomic mass is 9.41. The van der Waals surface area contributed by atoms with Crippen LogP contribution in [0.15, 0.2) is 0 Å². The molecule has 4 saturated carbocycles. The Kier molecular flexibility index (Phi) is 8.42. The van der Waals surface area contributed by atoms with Crippen molar-refractivity contribution in [3.05, 3.63) is 0 Å². The molecule has 0 aliphatic heterocycles. The van der Waals surface area contributed by atoms with Crippen molar-refractivity contribution in [2.75, 3.05) is 12.3 Å². The van der Waals surface area contributed by atoms with Gasteiger partial charge < -0.3 is 20.1 Å². The predicted octanol–water partition coefficient (Wildman–Crippen LogP) is 4.37. The van der Waals surface area contributed by atoms with Crippen LogP contribution in [-0.4, -0.2) is 49.4 Å². The van der Waals surface area contributed by atoms with E-state index in [1.54, 1.807) is 0 Å². The summed E-state index contributed by atoms with van der Waals surface area (Å²) in [5.74, 6) is 3.21. The maximum atomic E-state index is 12.3. The van der Waals surface area contributed by atoms with E-state index in [1.165, 1.54) is 25.7 Å². The van der Waals surface area contributed by atoms with Crippen LogP contribution >= 0.6 is 0 Å². The summed E-state index contributed by atoms with van der Waals surface area (Å²) in [7, 11) is 0. The fourth-order valence-electron chi connectivity index (χ4n) is 9.86. The van der Waals surface area contributed by atoms with E-state index in [-0.39, 0.29) is 47.2 Å². The fraction of sp³-hybridized carbons (Fsp3) is 0.964. The summed E-state index contributed by atoms with van der Waals surface area (Å²) in [6, 6.07) is 0. The molecule has 4 aliphatic rings. The van der Waals surface area contributed by atoms with E-state index < -0.39 is 11.1 Å². The Morgan fingerprint density at radius 3 is 2.43 bits per heavy atom. The zero-order valence-corrected chi connectivity index (χ0v) is 23.1. The quantitative estimate of drug-likeness (QED) is 0.362. The molecule has 0 saturated heterocycles. The zero-order valence-electron chi connectivity index (χ0n) is 22.2. The standard InChI is InChI=1S/C28H49NO5S/c1-5-19-23-16-18(30)10-12-28(23,4)22-11-13-27(3)20(7-8-21(27)25(22)26(19)32)17(2)6-9-24(31)29-14-15-35(33)34/h17-23,25-26,30,32H,5-16H2,1-4H3,(H,29,31)(H,33,34). The lowest BCUT2D eigenvalue weighted by Gasteiger charge is -2.64. The van der Waals surface area contributed by atoms with Crippen molar-refractivity contribution >= 4 is 17.0 Å². The first-order valence-corrected chi connectivity index (χ1v) is 15.5. The van der Waals surface area contributed by atoms with Gasteiger partial charge in [-0.05, 0) is 104 Å². The maximum Gasteiger partial charge on any atom is 0.220 e. The molecule has 0 aromatic carbocycles. The molecule has 4 aliphatic carbocycles. The number of rotatable bonds is 8. The third-order valence-electron chi connectivity index (χ3n) is 11.6. The Balaban J connectivity index is 1.46. The van der Waals surface area contributed by atoms with Gasteiger partial charge in [-0.3, -0.25) is 4.79 Å². The molecule has 6 nitrogen and oxygen atoms in total. The van der Waals surface area contributed by atoms with Crippen LogP contribution in [0.4, 0.5) is 0 Å². The van der Waals surface area contributed by atoms with E-state index in [0.29, 0.717) is 41.9 Å². The van der Waals surface area contributed by atoms with Crippen LogP contribution in [0.25, 0.3) is 0 Å². The van der Waals surface area contributed by atoms with Gasteiger partial charge in [0.1, 0.15) is 0 Å². The van der Waals surface area contributed by atoms with E-state index >= 15 is 0 Å². The van der Waals surface area contributed by atoms with Gasteiger partial charge in [-0.1, -0.05) is 34.1 Å². The molecule has 7 heteroatoms. The van der Waals surface area contributed by atoms with Crippen molar-refractivity contribution in [3.63, 3.8) is 0 Å². The third-order valence-corrected chi connectivity index (χ3v) is 12.1. The molecule has 12 atom stereocenters. The summed E-state index contributed by atoms with van der Waals surface area (Å²) in [6.45, 7) is 9.73. The van der Waals surface area contributed by atoms with Crippen LogP contribution in [-0.2, 0) is 15.9 Å². The molecule has 35 heavy (non-hydrogen) atoms. The average Bonchev–Trinajstić information content (AvgIpc) is 3.16. The Hall–Kier alpha value is -0.500. The van der Waals surface area contributed by atoms with Crippen molar-refractivity contribution in [2.24, 2.45) is 52.3 Å². The number of hydrogen-bond acceptors (Lipinski definition) is 4. The predicted molar refractivity (Wildman–Crippen MR) is 139 cm³/mol. The minimum atomic E-state index is -1.87. The first-order valence-electron chi connectivity index (χ1n) is 14.2. The van der Waals surface area contributed by atoms with Crippen molar-refractivity contribution in [1.82, 2.24) is 5.32 Å². The molecule has 0 bridgehead atoms. The molecular formula is C28H49NO5S. The molecule has 12 unspecified atom stereocenters. The van der Waals surface area contributed by atoms with Crippen molar-refractivity contribution in [2.45, 2.75) is 104 Å². The first kappa shape index (κ1) is 27.5. The first-order chi connectivity index (χ1) is 16.5. The summed E-state index contributed by atoms with van der Waals surface area (Å²) in [5.41, 5.74) is 0.437. The van der Waals surface area contributed by atoms with Crippen LogP contribution in [0, 0.1) is 52.3 Å². The van der Waals surface area contributed by atoms with Gasteiger partial charge in [0.2, 0.25) is 5.91 Å². The number of carbonyl (C=O) groups is 1. The van der Waals surface area contributed by atoms with Crippen LogP contribution in [0.1, 0.15) is 91.9 Å². The molecule has 202 valence electrons. The molecule has 4 N–H and O–H groups in total. The van der Waals surface area contributed by atoms with Crippen molar-refractivity contribution in [3.8, 4) is 0 Å². The third kappa shape index (κ3) is 5.00. The van der Waals surface area contributed by atoms with Crippen LogP contribution in [0.3, 0.4) is 0 Å². The normalized spacial score (nSPS) is 46.7. The molecule has 4 rings (SSSR count). The largest absolute Gasteiger partial charge is 0.393 e. The van der Waals surface area contributed by atoms with E-state index in [4.69, 9.17) is 4.55 Å². The van der Waals surface area contributed by atoms with Gasteiger partial charge in [-0.25, -0.2) is 4.21 Å². The molecular weight excluding hydrogens is 462 g/mol. The number of hydrogen-bond donors (Lipinski definition) is 4. The number of amides is 1. The second-order valence-electron chi connectivity index (χ2n) is 13.0. The van der Waals surface area contributed by atoms with E-state index in [0.717, 1.165) is 32.1 Å². The summed E-state index contributed by atoms with van der Waals surface area (Å²) in [6.07, 6.45) is 9.40. The van der Waals surface area contributed by atoms with Crippen molar-refractivity contribution in [1.29, 1.82) is 0 Å². The van der Waals surface area contributed by atoms with E-state index in [2.05, 4.69) is 33.0 Å². The summed E-state index contributed by atoms with van der Waals surface area (Å²) >= 11 is -1.87. The lowest BCUT2D eigenvalue weighted by Crippen LogP contribution is -2.62. The van der Waals surface area contributed by atoms with Gasteiger partial charge in [0.25, 0.3) is 0 Å². The highest BCUT2D eigenvalue weighted by molar-refractivity contribution is 7.79. The van der Waals surface area contributed by atoms with Gasteiger partial charge in [-0.15, -0.1) is 0 Å². The highest BCUT2D eigenvalue weighted by Gasteiger charge is 2.64. The van der Waals surface area contributed by atoms with E-state index in [1.807, 2.05) is 0 Å². The Labute approximate surface area is 214 Å². The molecule has 4 fully saturated rings. The monoisotopic (exact) mass is 511 g/mol. The molecule has 0 spiro atoms. The average molecular weight is 512 g/mol.